The Labute approximate surface area is 118 Å². The Hall–Kier alpha value is -2.40. The molecule has 20 heavy (non-hydrogen) atoms. The number of hydrogen-bond acceptors (Lipinski definition) is 4. The van der Waals surface area contributed by atoms with Crippen molar-refractivity contribution in [2.75, 3.05) is 12.0 Å². The van der Waals surface area contributed by atoms with Gasteiger partial charge in [0.1, 0.15) is 0 Å². The maximum Gasteiger partial charge on any atom is 0.251 e. The first-order chi connectivity index (χ1) is 9.70. The van der Waals surface area contributed by atoms with E-state index in [1.807, 2.05) is 31.2 Å². The van der Waals surface area contributed by atoms with Crippen molar-refractivity contribution < 1.29 is 4.79 Å². The second-order valence-electron chi connectivity index (χ2n) is 4.50. The zero-order chi connectivity index (χ0) is 14.4. The molecule has 5 heteroatoms. The highest BCUT2D eigenvalue weighted by atomic mass is 16.1. The third kappa shape index (κ3) is 3.55. The summed E-state index contributed by atoms with van der Waals surface area (Å²) >= 11 is 0. The minimum atomic E-state index is -0.0902. The molecule has 0 aliphatic rings. The number of nitrogens with zero attached hydrogens (tertiary/aromatic N) is 1. The molecule has 0 aliphatic carbocycles. The van der Waals surface area contributed by atoms with E-state index < -0.39 is 0 Å². The van der Waals surface area contributed by atoms with Gasteiger partial charge in [-0.15, -0.1) is 0 Å². The van der Waals surface area contributed by atoms with Gasteiger partial charge in [0.25, 0.3) is 5.91 Å². The van der Waals surface area contributed by atoms with Crippen molar-refractivity contribution in [1.82, 2.24) is 10.3 Å². The van der Waals surface area contributed by atoms with Crippen molar-refractivity contribution in [2.45, 2.75) is 13.3 Å². The number of aromatic nitrogens is 1. The molecule has 1 aromatic heterocycles. The number of nitrogens with two attached hydrogens (primary N) is 1. The van der Waals surface area contributed by atoms with E-state index >= 15 is 0 Å². The quantitative estimate of drug-likeness (QED) is 0.570. The van der Waals surface area contributed by atoms with Crippen LogP contribution in [0.2, 0.25) is 0 Å². The Morgan fingerprint density at radius 2 is 2.15 bits per heavy atom. The number of rotatable bonds is 5. The van der Waals surface area contributed by atoms with Gasteiger partial charge in [-0.05, 0) is 42.8 Å². The van der Waals surface area contributed by atoms with Crippen LogP contribution in [0, 0.1) is 6.92 Å². The van der Waals surface area contributed by atoms with Gasteiger partial charge in [-0.25, -0.2) is 0 Å². The minimum Gasteiger partial charge on any atom is -0.352 e. The van der Waals surface area contributed by atoms with E-state index in [1.165, 1.54) is 0 Å². The molecular weight excluding hydrogens is 252 g/mol. The van der Waals surface area contributed by atoms with Crippen LogP contribution in [0.4, 0.5) is 5.69 Å². The van der Waals surface area contributed by atoms with Crippen LogP contribution >= 0.6 is 0 Å². The summed E-state index contributed by atoms with van der Waals surface area (Å²) in [6.07, 6.45) is 2.47. The first kappa shape index (κ1) is 14.0. The Bertz CT molecular complexity index is 584. The summed E-state index contributed by atoms with van der Waals surface area (Å²) in [5.41, 5.74) is 5.93. The van der Waals surface area contributed by atoms with Gasteiger partial charge in [0, 0.05) is 30.4 Å². The molecule has 0 radical (unpaired) electrons. The lowest BCUT2D eigenvalue weighted by Crippen LogP contribution is -2.26. The average Bonchev–Trinajstić information content (AvgIpc) is 2.48. The lowest BCUT2D eigenvalue weighted by molar-refractivity contribution is 0.0954. The van der Waals surface area contributed by atoms with Gasteiger partial charge in [-0.2, -0.15) is 0 Å². The van der Waals surface area contributed by atoms with Gasteiger partial charge >= 0.3 is 0 Å². The van der Waals surface area contributed by atoms with Gasteiger partial charge in [0.2, 0.25) is 0 Å². The molecule has 2 rings (SSSR count). The number of nitrogen functional groups attached to an aromatic ring is 1. The number of hydrogen-bond donors (Lipinski definition) is 3. The van der Waals surface area contributed by atoms with Crippen LogP contribution in [0.25, 0.3) is 0 Å². The van der Waals surface area contributed by atoms with Crippen LogP contribution in [-0.2, 0) is 6.42 Å². The summed E-state index contributed by atoms with van der Waals surface area (Å²) in [5.74, 6) is 5.27. The summed E-state index contributed by atoms with van der Waals surface area (Å²) in [6, 6.07) is 11.1. The van der Waals surface area contributed by atoms with Crippen molar-refractivity contribution >= 4 is 11.6 Å². The van der Waals surface area contributed by atoms with Crippen LogP contribution in [-0.4, -0.2) is 17.4 Å². The van der Waals surface area contributed by atoms with E-state index in [4.69, 9.17) is 5.84 Å². The minimum absolute atomic E-state index is 0.0902. The number of nitrogens with one attached hydrogen (secondary N) is 2. The standard InChI is InChI=1S/C15H18N4O/c1-11-10-12(5-6-14(11)19-16)15(20)18-9-7-13-4-2-3-8-17-13/h2-6,8,10,19H,7,9,16H2,1H3,(H,18,20). The SMILES string of the molecule is Cc1cc(C(=O)NCCc2ccccn2)ccc1NN. The van der Waals surface area contributed by atoms with E-state index in [-0.39, 0.29) is 5.91 Å². The summed E-state index contributed by atoms with van der Waals surface area (Å²) in [4.78, 5) is 16.2. The lowest BCUT2D eigenvalue weighted by Gasteiger charge is -2.08. The number of carbonyl (C=O) groups is 1. The molecule has 0 spiro atoms. The normalized spacial score (nSPS) is 10.1. The van der Waals surface area contributed by atoms with E-state index in [0.29, 0.717) is 18.5 Å². The summed E-state index contributed by atoms with van der Waals surface area (Å²) < 4.78 is 0. The maximum atomic E-state index is 12.0. The topological polar surface area (TPSA) is 80.0 Å². The van der Waals surface area contributed by atoms with Gasteiger partial charge in [0.15, 0.2) is 0 Å². The number of carbonyl (C=O) groups excluding carboxylic acids is 1. The first-order valence-corrected chi connectivity index (χ1v) is 6.46. The summed E-state index contributed by atoms with van der Waals surface area (Å²) in [5, 5.41) is 2.88. The lowest BCUT2D eigenvalue weighted by atomic mass is 10.1. The van der Waals surface area contributed by atoms with Crippen LogP contribution < -0.4 is 16.6 Å². The molecule has 5 nitrogen and oxygen atoms in total. The van der Waals surface area contributed by atoms with Crippen LogP contribution in [0.1, 0.15) is 21.6 Å². The zero-order valence-corrected chi connectivity index (χ0v) is 11.4. The van der Waals surface area contributed by atoms with Crippen molar-refractivity contribution in [2.24, 2.45) is 5.84 Å². The van der Waals surface area contributed by atoms with Crippen LogP contribution in [0.3, 0.4) is 0 Å². The Balaban J connectivity index is 1.90. The van der Waals surface area contributed by atoms with Crippen LogP contribution in [0.5, 0.6) is 0 Å². The summed E-state index contributed by atoms with van der Waals surface area (Å²) in [7, 11) is 0. The van der Waals surface area contributed by atoms with Gasteiger partial charge < -0.3 is 10.7 Å². The highest BCUT2D eigenvalue weighted by molar-refractivity contribution is 5.94. The molecule has 2 aromatic rings. The molecule has 0 unspecified atom stereocenters. The second-order valence-corrected chi connectivity index (χ2v) is 4.50. The number of hydrazine groups is 1. The monoisotopic (exact) mass is 270 g/mol. The van der Waals surface area contributed by atoms with Crippen molar-refractivity contribution in [1.29, 1.82) is 0 Å². The number of amides is 1. The fraction of sp³-hybridized carbons (Fsp3) is 0.200. The van der Waals surface area contributed by atoms with E-state index in [1.54, 1.807) is 18.3 Å². The van der Waals surface area contributed by atoms with Crippen molar-refractivity contribution in [3.8, 4) is 0 Å². The van der Waals surface area contributed by atoms with E-state index in [0.717, 1.165) is 16.9 Å². The molecule has 0 atom stereocenters. The smallest absolute Gasteiger partial charge is 0.251 e. The van der Waals surface area contributed by atoms with Crippen molar-refractivity contribution in [3.63, 3.8) is 0 Å². The number of benzene rings is 1. The third-order valence-electron chi connectivity index (χ3n) is 3.04. The van der Waals surface area contributed by atoms with Crippen LogP contribution in [0.15, 0.2) is 42.6 Å². The third-order valence-corrected chi connectivity index (χ3v) is 3.04. The number of pyridine rings is 1. The second kappa shape index (κ2) is 6.68. The zero-order valence-electron chi connectivity index (χ0n) is 11.4. The van der Waals surface area contributed by atoms with Gasteiger partial charge in [-0.1, -0.05) is 6.07 Å². The fourth-order valence-corrected chi connectivity index (χ4v) is 1.92. The van der Waals surface area contributed by atoms with Gasteiger partial charge in [-0.3, -0.25) is 15.6 Å². The molecule has 0 bridgehead atoms. The molecule has 1 aromatic carbocycles. The first-order valence-electron chi connectivity index (χ1n) is 6.46. The number of anilines is 1. The highest BCUT2D eigenvalue weighted by Crippen LogP contribution is 2.15. The summed E-state index contributed by atoms with van der Waals surface area (Å²) in [6.45, 7) is 2.46. The predicted octanol–water partition coefficient (Wildman–Crippen LogP) is 1.65. The number of aryl methyl sites for hydroxylation is 1. The molecule has 0 saturated heterocycles. The maximum absolute atomic E-state index is 12.0. The largest absolute Gasteiger partial charge is 0.352 e. The fourth-order valence-electron chi connectivity index (χ4n) is 1.92. The molecule has 0 fully saturated rings. The van der Waals surface area contributed by atoms with E-state index in [9.17, 15) is 4.79 Å². The Morgan fingerprint density at radius 1 is 1.30 bits per heavy atom. The molecule has 0 aliphatic heterocycles. The van der Waals surface area contributed by atoms with Crippen molar-refractivity contribution in [3.05, 3.63) is 59.4 Å². The molecule has 4 N–H and O–H groups in total. The highest BCUT2D eigenvalue weighted by Gasteiger charge is 2.07. The Morgan fingerprint density at radius 3 is 2.80 bits per heavy atom. The van der Waals surface area contributed by atoms with E-state index in [2.05, 4.69) is 15.7 Å². The molecule has 104 valence electrons. The molecular formula is C15H18N4O. The predicted molar refractivity (Wildman–Crippen MR) is 79.3 cm³/mol. The molecule has 1 amide bonds. The molecule has 0 saturated carbocycles. The Kier molecular flexibility index (Phi) is 4.68. The average molecular weight is 270 g/mol. The molecule has 1 heterocycles. The van der Waals surface area contributed by atoms with Gasteiger partial charge in [0.05, 0.1) is 5.69 Å².